The van der Waals surface area contributed by atoms with Crippen molar-refractivity contribution in [3.8, 4) is 11.1 Å². The van der Waals surface area contributed by atoms with Crippen LogP contribution in [-0.2, 0) is 14.3 Å². The third-order valence-corrected chi connectivity index (χ3v) is 7.69. The molecule has 2 aliphatic carbocycles. The number of ether oxygens (including phenoxy) is 1. The van der Waals surface area contributed by atoms with E-state index in [-0.39, 0.29) is 42.9 Å². The number of hydrogen-bond acceptors (Lipinski definition) is 4. The molecular weight excluding hydrogens is 432 g/mol. The number of benzene rings is 2. The van der Waals surface area contributed by atoms with Gasteiger partial charge in [-0.3, -0.25) is 9.59 Å². The van der Waals surface area contributed by atoms with Crippen LogP contribution in [0, 0.1) is 17.8 Å². The highest BCUT2D eigenvalue weighted by Crippen LogP contribution is 2.44. The average Bonchev–Trinajstić information content (AvgIpc) is 3.53. The summed E-state index contributed by atoms with van der Waals surface area (Å²) in [5.74, 6) is -1.55. The van der Waals surface area contributed by atoms with Crippen LogP contribution in [0.2, 0.25) is 0 Å². The summed E-state index contributed by atoms with van der Waals surface area (Å²) in [6.07, 6.45) is 1.51. The molecule has 1 saturated heterocycles. The van der Waals surface area contributed by atoms with Gasteiger partial charge in [0, 0.05) is 31.0 Å². The van der Waals surface area contributed by atoms with Crippen molar-refractivity contribution in [2.24, 2.45) is 17.8 Å². The van der Waals surface area contributed by atoms with Gasteiger partial charge in [-0.2, -0.15) is 0 Å². The van der Waals surface area contributed by atoms with E-state index in [1.54, 1.807) is 4.90 Å². The fourth-order valence-electron chi connectivity index (χ4n) is 5.87. The number of carbonyl (C=O) groups excluding carboxylic acids is 2. The van der Waals surface area contributed by atoms with Gasteiger partial charge in [0.2, 0.25) is 5.91 Å². The highest BCUT2D eigenvalue weighted by Gasteiger charge is 2.41. The monoisotopic (exact) mass is 462 g/mol. The molecule has 3 aliphatic rings. The molecule has 0 radical (unpaired) electrons. The molecule has 34 heavy (non-hydrogen) atoms. The van der Waals surface area contributed by atoms with Gasteiger partial charge in [-0.25, -0.2) is 4.79 Å². The average molecular weight is 463 g/mol. The highest BCUT2D eigenvalue weighted by molar-refractivity contribution is 5.82. The molecule has 1 heterocycles. The molecule has 1 aliphatic heterocycles. The van der Waals surface area contributed by atoms with Crippen molar-refractivity contribution < 1.29 is 24.2 Å². The van der Waals surface area contributed by atoms with Crippen LogP contribution in [0.25, 0.3) is 11.1 Å². The smallest absolute Gasteiger partial charge is 0.407 e. The first-order valence-corrected chi connectivity index (χ1v) is 12.1. The minimum atomic E-state index is -0.843. The topological polar surface area (TPSA) is 95.9 Å². The summed E-state index contributed by atoms with van der Waals surface area (Å²) in [5.41, 5.74) is 4.71. The van der Waals surface area contributed by atoms with Crippen LogP contribution in [-0.4, -0.2) is 53.7 Å². The van der Waals surface area contributed by atoms with Crippen molar-refractivity contribution in [1.82, 2.24) is 10.2 Å². The second-order valence-corrected chi connectivity index (χ2v) is 9.84. The number of aliphatic carboxylic acids is 1. The summed E-state index contributed by atoms with van der Waals surface area (Å²) in [5, 5.41) is 12.3. The largest absolute Gasteiger partial charge is 0.481 e. The number of hydrogen-bond donors (Lipinski definition) is 2. The molecule has 7 heteroatoms. The minimum absolute atomic E-state index is 0.00689. The van der Waals surface area contributed by atoms with Gasteiger partial charge < -0.3 is 20.1 Å². The van der Waals surface area contributed by atoms with E-state index in [4.69, 9.17) is 4.74 Å². The Morgan fingerprint density at radius 3 is 2.26 bits per heavy atom. The SMILES string of the molecule is CC1CN(C(=O)C2CCC(NC(=O)OCC3c4ccccc4-c4ccccc43)C2)CC1C(=O)O. The third kappa shape index (κ3) is 4.15. The summed E-state index contributed by atoms with van der Waals surface area (Å²) < 4.78 is 5.64. The van der Waals surface area contributed by atoms with Crippen LogP contribution in [0.4, 0.5) is 4.79 Å². The minimum Gasteiger partial charge on any atom is -0.481 e. The van der Waals surface area contributed by atoms with Crippen molar-refractivity contribution >= 4 is 18.0 Å². The lowest BCUT2D eigenvalue weighted by Gasteiger charge is -2.21. The zero-order chi connectivity index (χ0) is 23.8. The van der Waals surface area contributed by atoms with Crippen molar-refractivity contribution in [2.45, 2.75) is 38.1 Å². The summed E-state index contributed by atoms with van der Waals surface area (Å²) in [6.45, 7) is 2.90. The molecular formula is C27H30N2O5. The van der Waals surface area contributed by atoms with Gasteiger partial charge in [0.05, 0.1) is 5.92 Å². The maximum atomic E-state index is 12.9. The van der Waals surface area contributed by atoms with Crippen molar-refractivity contribution in [2.75, 3.05) is 19.7 Å². The third-order valence-electron chi connectivity index (χ3n) is 7.69. The Hall–Kier alpha value is -3.35. The van der Waals surface area contributed by atoms with Crippen LogP contribution in [0.15, 0.2) is 48.5 Å². The quantitative estimate of drug-likeness (QED) is 0.703. The number of carboxylic acids is 1. The van der Waals surface area contributed by atoms with Crippen LogP contribution in [0.1, 0.15) is 43.2 Å². The van der Waals surface area contributed by atoms with E-state index in [9.17, 15) is 19.5 Å². The van der Waals surface area contributed by atoms with Gasteiger partial charge >= 0.3 is 12.1 Å². The maximum absolute atomic E-state index is 12.9. The zero-order valence-electron chi connectivity index (χ0n) is 19.3. The molecule has 0 bridgehead atoms. The lowest BCUT2D eigenvalue weighted by atomic mass is 9.98. The lowest BCUT2D eigenvalue weighted by molar-refractivity contribution is -0.142. The molecule has 2 aromatic rings. The van der Waals surface area contributed by atoms with Gasteiger partial charge in [0.15, 0.2) is 0 Å². The molecule has 4 unspecified atom stereocenters. The number of alkyl carbamates (subject to hydrolysis) is 1. The molecule has 4 atom stereocenters. The second kappa shape index (κ2) is 9.12. The highest BCUT2D eigenvalue weighted by atomic mass is 16.5. The molecule has 2 N–H and O–H groups in total. The van der Waals surface area contributed by atoms with Gasteiger partial charge in [-0.15, -0.1) is 0 Å². The molecule has 2 amide bonds. The van der Waals surface area contributed by atoms with Crippen molar-refractivity contribution in [3.05, 3.63) is 59.7 Å². The Kier molecular flexibility index (Phi) is 6.02. The van der Waals surface area contributed by atoms with Gasteiger partial charge in [-0.05, 0) is 47.4 Å². The summed E-state index contributed by atoms with van der Waals surface area (Å²) in [4.78, 5) is 38.5. The fraction of sp³-hybridized carbons (Fsp3) is 0.444. The number of nitrogens with one attached hydrogen (secondary N) is 1. The first-order chi connectivity index (χ1) is 16.4. The van der Waals surface area contributed by atoms with E-state index < -0.39 is 18.0 Å². The standard InChI is InChI=1S/C27H30N2O5/c1-16-13-29(14-23(16)26(31)32)25(30)17-10-11-18(12-17)28-27(33)34-15-24-21-8-4-2-6-19(21)20-7-3-5-9-22(20)24/h2-9,16-18,23-24H,10-15H2,1H3,(H,28,33)(H,31,32). The van der Waals surface area contributed by atoms with Crippen LogP contribution in [0.5, 0.6) is 0 Å². The number of amides is 2. The molecule has 7 nitrogen and oxygen atoms in total. The van der Waals surface area contributed by atoms with E-state index in [2.05, 4.69) is 29.6 Å². The Labute approximate surface area is 199 Å². The van der Waals surface area contributed by atoms with E-state index in [1.165, 1.54) is 22.3 Å². The molecule has 178 valence electrons. The van der Waals surface area contributed by atoms with Crippen LogP contribution < -0.4 is 5.32 Å². The normalized spacial score (nSPS) is 25.6. The van der Waals surface area contributed by atoms with Gasteiger partial charge in [-0.1, -0.05) is 55.5 Å². The predicted molar refractivity (Wildman–Crippen MR) is 126 cm³/mol. The predicted octanol–water partition coefficient (Wildman–Crippen LogP) is 3.87. The Morgan fingerprint density at radius 2 is 1.65 bits per heavy atom. The van der Waals surface area contributed by atoms with E-state index >= 15 is 0 Å². The van der Waals surface area contributed by atoms with Gasteiger partial charge in [0.25, 0.3) is 0 Å². The molecule has 5 rings (SSSR count). The zero-order valence-corrected chi connectivity index (χ0v) is 19.3. The maximum Gasteiger partial charge on any atom is 0.407 e. The summed E-state index contributed by atoms with van der Waals surface area (Å²) in [7, 11) is 0. The molecule has 1 saturated carbocycles. The number of rotatable bonds is 5. The first kappa shape index (κ1) is 22.4. The van der Waals surface area contributed by atoms with E-state index in [1.807, 2.05) is 31.2 Å². The van der Waals surface area contributed by atoms with E-state index in [0.717, 1.165) is 0 Å². The van der Waals surface area contributed by atoms with Gasteiger partial charge in [0.1, 0.15) is 6.61 Å². The number of nitrogens with zero attached hydrogens (tertiary/aromatic N) is 1. The van der Waals surface area contributed by atoms with Crippen molar-refractivity contribution in [1.29, 1.82) is 0 Å². The molecule has 0 aromatic heterocycles. The fourth-order valence-corrected chi connectivity index (χ4v) is 5.87. The number of fused-ring (bicyclic) bond motifs is 3. The molecule has 2 aromatic carbocycles. The van der Waals surface area contributed by atoms with Crippen molar-refractivity contribution in [3.63, 3.8) is 0 Å². The number of likely N-dealkylation sites (tertiary alicyclic amines) is 1. The first-order valence-electron chi connectivity index (χ1n) is 12.1. The second-order valence-electron chi connectivity index (χ2n) is 9.84. The molecule has 2 fully saturated rings. The van der Waals surface area contributed by atoms with Crippen LogP contribution in [0.3, 0.4) is 0 Å². The number of carboxylic acid groups (broad SMARTS) is 1. The molecule has 0 spiro atoms. The Bertz CT molecular complexity index is 1070. The van der Waals surface area contributed by atoms with Crippen LogP contribution >= 0.6 is 0 Å². The lowest BCUT2D eigenvalue weighted by Crippen LogP contribution is -2.37. The summed E-state index contributed by atoms with van der Waals surface area (Å²) in [6, 6.07) is 16.3. The Morgan fingerprint density at radius 1 is 1.00 bits per heavy atom. The summed E-state index contributed by atoms with van der Waals surface area (Å²) >= 11 is 0. The van der Waals surface area contributed by atoms with E-state index in [0.29, 0.717) is 25.8 Å². The Balaban J connectivity index is 1.14. The number of carbonyl (C=O) groups is 3.